The lowest BCUT2D eigenvalue weighted by Crippen LogP contribution is -2.11. The highest BCUT2D eigenvalue weighted by Gasteiger charge is 2.31. The second-order valence-electron chi connectivity index (χ2n) is 3.83. The van der Waals surface area contributed by atoms with Crippen LogP contribution in [0.25, 0.3) is 0 Å². The van der Waals surface area contributed by atoms with Crippen LogP contribution in [-0.4, -0.2) is 5.25 Å². The topological polar surface area (TPSA) is 23.8 Å². The van der Waals surface area contributed by atoms with E-state index >= 15 is 0 Å². The minimum atomic E-state index is -4.35. The van der Waals surface area contributed by atoms with E-state index in [-0.39, 0.29) is 17.6 Å². The molecule has 0 saturated carbocycles. The summed E-state index contributed by atoms with van der Waals surface area (Å²) in [5.74, 6) is -0.286. The van der Waals surface area contributed by atoms with Crippen LogP contribution in [-0.2, 0) is 6.18 Å². The SMILES string of the molecule is CC(S)C(CC#N)c1cccc(C(F)(F)F)c1. The quantitative estimate of drug-likeness (QED) is 0.814. The third-order valence-corrected chi connectivity index (χ3v) is 2.90. The molecule has 0 bridgehead atoms. The first kappa shape index (κ1) is 13.9. The van der Waals surface area contributed by atoms with E-state index in [1.807, 2.05) is 6.07 Å². The Morgan fingerprint density at radius 3 is 2.53 bits per heavy atom. The molecule has 0 N–H and O–H groups in total. The van der Waals surface area contributed by atoms with Gasteiger partial charge in [-0.05, 0) is 11.6 Å². The van der Waals surface area contributed by atoms with E-state index in [9.17, 15) is 13.2 Å². The van der Waals surface area contributed by atoms with Crippen molar-refractivity contribution in [2.24, 2.45) is 0 Å². The Morgan fingerprint density at radius 1 is 1.41 bits per heavy atom. The summed E-state index contributed by atoms with van der Waals surface area (Å²) in [6.07, 6.45) is -4.20. The third kappa shape index (κ3) is 3.67. The van der Waals surface area contributed by atoms with Gasteiger partial charge in [-0.15, -0.1) is 0 Å². The molecule has 0 heterocycles. The van der Waals surface area contributed by atoms with Gasteiger partial charge in [-0.25, -0.2) is 0 Å². The zero-order valence-corrected chi connectivity index (χ0v) is 10.1. The van der Waals surface area contributed by atoms with Gasteiger partial charge in [0.05, 0.1) is 11.6 Å². The van der Waals surface area contributed by atoms with Gasteiger partial charge in [0.1, 0.15) is 0 Å². The van der Waals surface area contributed by atoms with Gasteiger partial charge in [-0.3, -0.25) is 0 Å². The smallest absolute Gasteiger partial charge is 0.198 e. The number of alkyl halides is 3. The number of hydrogen-bond acceptors (Lipinski definition) is 2. The number of benzene rings is 1. The molecule has 0 aliphatic rings. The fourth-order valence-corrected chi connectivity index (χ4v) is 1.89. The van der Waals surface area contributed by atoms with Crippen LogP contribution in [0.3, 0.4) is 0 Å². The van der Waals surface area contributed by atoms with Gasteiger partial charge in [-0.2, -0.15) is 31.1 Å². The van der Waals surface area contributed by atoms with Gasteiger partial charge in [0.25, 0.3) is 0 Å². The van der Waals surface area contributed by atoms with Crippen molar-refractivity contribution in [2.45, 2.75) is 30.7 Å². The highest BCUT2D eigenvalue weighted by Crippen LogP contribution is 2.33. The van der Waals surface area contributed by atoms with E-state index in [2.05, 4.69) is 12.6 Å². The number of rotatable bonds is 3. The zero-order valence-electron chi connectivity index (χ0n) is 9.20. The molecule has 2 atom stereocenters. The molecule has 0 fully saturated rings. The molecule has 0 aliphatic heterocycles. The molecule has 0 spiro atoms. The average Bonchev–Trinajstić information content (AvgIpc) is 2.24. The molecule has 1 aromatic rings. The first-order valence-electron chi connectivity index (χ1n) is 5.08. The minimum absolute atomic E-state index is 0.159. The molecule has 1 aromatic carbocycles. The van der Waals surface area contributed by atoms with Crippen molar-refractivity contribution in [3.63, 3.8) is 0 Å². The van der Waals surface area contributed by atoms with E-state index in [1.165, 1.54) is 6.07 Å². The Labute approximate surface area is 104 Å². The van der Waals surface area contributed by atoms with Crippen molar-refractivity contribution in [1.29, 1.82) is 5.26 Å². The van der Waals surface area contributed by atoms with Gasteiger partial charge in [0.2, 0.25) is 0 Å². The van der Waals surface area contributed by atoms with E-state index in [0.717, 1.165) is 12.1 Å². The molecule has 0 saturated heterocycles. The predicted molar refractivity (Wildman–Crippen MR) is 62.9 cm³/mol. The monoisotopic (exact) mass is 259 g/mol. The van der Waals surface area contributed by atoms with Crippen molar-refractivity contribution >= 4 is 12.6 Å². The first-order chi connectivity index (χ1) is 7.86. The lowest BCUT2D eigenvalue weighted by atomic mass is 9.92. The highest BCUT2D eigenvalue weighted by atomic mass is 32.1. The lowest BCUT2D eigenvalue weighted by molar-refractivity contribution is -0.137. The Balaban J connectivity index is 3.10. The fraction of sp³-hybridized carbons (Fsp3) is 0.417. The zero-order chi connectivity index (χ0) is 13.1. The summed E-state index contributed by atoms with van der Waals surface area (Å²) in [4.78, 5) is 0. The third-order valence-electron chi connectivity index (χ3n) is 2.54. The molecular weight excluding hydrogens is 247 g/mol. The highest BCUT2D eigenvalue weighted by molar-refractivity contribution is 7.81. The van der Waals surface area contributed by atoms with Crippen LogP contribution in [0.1, 0.15) is 30.4 Å². The molecular formula is C12H12F3NS. The van der Waals surface area contributed by atoms with E-state index < -0.39 is 11.7 Å². The van der Waals surface area contributed by atoms with E-state index in [0.29, 0.717) is 5.56 Å². The Bertz CT molecular complexity index is 420. The Morgan fingerprint density at radius 2 is 2.06 bits per heavy atom. The maximum Gasteiger partial charge on any atom is 0.416 e. The summed E-state index contributed by atoms with van der Waals surface area (Å²) in [5, 5.41) is 8.50. The van der Waals surface area contributed by atoms with Crippen molar-refractivity contribution in [3.8, 4) is 6.07 Å². The number of thiol groups is 1. The van der Waals surface area contributed by atoms with Gasteiger partial charge in [0, 0.05) is 17.6 Å². The molecule has 17 heavy (non-hydrogen) atoms. The molecule has 1 rings (SSSR count). The van der Waals surface area contributed by atoms with Crippen LogP contribution < -0.4 is 0 Å². The minimum Gasteiger partial charge on any atom is -0.198 e. The standard InChI is InChI=1S/C12H12F3NS/c1-8(17)11(5-6-16)9-3-2-4-10(7-9)12(13,14)15/h2-4,7-8,11,17H,5H2,1H3. The molecule has 0 aromatic heterocycles. The molecule has 5 heteroatoms. The van der Waals surface area contributed by atoms with Crippen molar-refractivity contribution < 1.29 is 13.2 Å². The molecule has 0 radical (unpaired) electrons. The van der Waals surface area contributed by atoms with Crippen LogP contribution in [0.4, 0.5) is 13.2 Å². The summed E-state index contributed by atoms with van der Waals surface area (Å²) in [5.41, 5.74) is -0.184. The molecule has 2 unspecified atom stereocenters. The van der Waals surface area contributed by atoms with Crippen LogP contribution in [0, 0.1) is 11.3 Å². The van der Waals surface area contributed by atoms with Crippen molar-refractivity contribution in [2.75, 3.05) is 0 Å². The average molecular weight is 259 g/mol. The normalized spacial score (nSPS) is 15.1. The summed E-state index contributed by atoms with van der Waals surface area (Å²) in [7, 11) is 0. The number of nitrogens with zero attached hydrogens (tertiary/aromatic N) is 1. The maximum absolute atomic E-state index is 12.5. The van der Waals surface area contributed by atoms with Crippen LogP contribution >= 0.6 is 12.6 Å². The molecule has 92 valence electrons. The van der Waals surface area contributed by atoms with Gasteiger partial charge in [-0.1, -0.05) is 25.1 Å². The molecule has 0 aliphatic carbocycles. The number of nitriles is 1. The van der Waals surface area contributed by atoms with Crippen LogP contribution in [0.2, 0.25) is 0 Å². The molecule has 0 amide bonds. The first-order valence-corrected chi connectivity index (χ1v) is 5.60. The van der Waals surface area contributed by atoms with E-state index in [4.69, 9.17) is 5.26 Å². The largest absolute Gasteiger partial charge is 0.416 e. The van der Waals surface area contributed by atoms with Crippen LogP contribution in [0.15, 0.2) is 24.3 Å². The second kappa shape index (κ2) is 5.46. The maximum atomic E-state index is 12.5. The summed E-state index contributed by atoms with van der Waals surface area (Å²) in [6.45, 7) is 1.77. The van der Waals surface area contributed by atoms with E-state index in [1.54, 1.807) is 13.0 Å². The Kier molecular flexibility index (Phi) is 4.47. The molecule has 1 nitrogen and oxygen atoms in total. The van der Waals surface area contributed by atoms with Crippen molar-refractivity contribution in [3.05, 3.63) is 35.4 Å². The summed E-state index contributed by atoms with van der Waals surface area (Å²) in [6, 6.07) is 7.05. The predicted octanol–water partition coefficient (Wildman–Crippen LogP) is 4.02. The van der Waals surface area contributed by atoms with Gasteiger partial charge in [0.15, 0.2) is 0 Å². The lowest BCUT2D eigenvalue weighted by Gasteiger charge is -2.18. The van der Waals surface area contributed by atoms with Crippen LogP contribution in [0.5, 0.6) is 0 Å². The fourth-order valence-electron chi connectivity index (χ4n) is 1.61. The van der Waals surface area contributed by atoms with Gasteiger partial charge >= 0.3 is 6.18 Å². The van der Waals surface area contributed by atoms with Crippen molar-refractivity contribution in [1.82, 2.24) is 0 Å². The number of halogens is 3. The Hall–Kier alpha value is -1.15. The second-order valence-corrected chi connectivity index (χ2v) is 4.65. The number of hydrogen-bond donors (Lipinski definition) is 1. The summed E-state index contributed by atoms with van der Waals surface area (Å²) < 4.78 is 37.6. The summed E-state index contributed by atoms with van der Waals surface area (Å²) >= 11 is 4.21. The van der Waals surface area contributed by atoms with Gasteiger partial charge < -0.3 is 0 Å².